The van der Waals surface area contributed by atoms with E-state index in [1.165, 1.54) is 12.8 Å². The number of hydrogen-bond acceptors (Lipinski definition) is 8. The van der Waals surface area contributed by atoms with E-state index >= 15 is 0 Å². The summed E-state index contributed by atoms with van der Waals surface area (Å²) < 4.78 is 6.17. The van der Waals surface area contributed by atoms with Gasteiger partial charge in [-0.25, -0.2) is 9.97 Å². The van der Waals surface area contributed by atoms with Gasteiger partial charge in [0.05, 0.1) is 0 Å². The van der Waals surface area contributed by atoms with Gasteiger partial charge in [-0.15, -0.1) is 0 Å². The molecule has 4 heterocycles. The first kappa shape index (κ1) is 25.6. The monoisotopic (exact) mass is 541 g/mol. The number of H-pyrrole nitrogens is 2. The molecular formula is C28H31N9O3. The smallest absolute Gasteiger partial charge is 0.257 e. The molecule has 0 unspecified atom stereocenters. The van der Waals surface area contributed by atoms with Crippen molar-refractivity contribution in [1.82, 2.24) is 34.9 Å². The number of anilines is 2. The Bertz CT molecular complexity index is 1510. The van der Waals surface area contributed by atoms with Crippen LogP contribution < -0.4 is 15.4 Å². The molecule has 1 saturated heterocycles. The number of carbonyl (C=O) groups is 2. The lowest BCUT2D eigenvalue weighted by Crippen LogP contribution is -2.30. The third kappa shape index (κ3) is 5.81. The number of carbonyl (C=O) groups excluding carboxylic acids is 2. The number of imidazole rings is 1. The second-order valence-electron chi connectivity index (χ2n) is 10.1. The Hall–Kier alpha value is -4.71. The molecule has 6 rings (SSSR count). The molecule has 2 aliphatic rings. The van der Waals surface area contributed by atoms with Crippen molar-refractivity contribution in [1.29, 1.82) is 0 Å². The van der Waals surface area contributed by atoms with Gasteiger partial charge in [0.2, 0.25) is 11.9 Å². The number of amides is 2. The number of benzene rings is 1. The number of aromatic nitrogens is 5. The zero-order valence-corrected chi connectivity index (χ0v) is 22.1. The van der Waals surface area contributed by atoms with E-state index in [0.717, 1.165) is 18.4 Å². The molecular weight excluding hydrogens is 510 g/mol. The Balaban J connectivity index is 1.09. The first-order chi connectivity index (χ1) is 19.5. The molecule has 3 aromatic heterocycles. The van der Waals surface area contributed by atoms with Gasteiger partial charge in [0.1, 0.15) is 16.9 Å². The van der Waals surface area contributed by atoms with E-state index in [2.05, 4.69) is 47.7 Å². The fourth-order valence-corrected chi connectivity index (χ4v) is 4.79. The quantitative estimate of drug-likeness (QED) is 0.224. The number of likely N-dealkylation sites (tertiary alicyclic amines) is 1. The van der Waals surface area contributed by atoms with Gasteiger partial charge in [-0.05, 0) is 50.6 Å². The van der Waals surface area contributed by atoms with E-state index < -0.39 is 0 Å². The predicted octanol–water partition coefficient (Wildman–Crippen LogP) is 3.39. The normalized spacial score (nSPS) is 17.1. The molecule has 1 saturated carbocycles. The van der Waals surface area contributed by atoms with Crippen molar-refractivity contribution in [2.45, 2.75) is 31.3 Å². The SMILES string of the molecule is CN(C/C=C/C(=O)N1CC[C@@H](Nc2n[nH]c3nccc(Oc4ccc(C(=O)Nc5ncc[nH]5)cc4)c23)C1)C1CC1. The van der Waals surface area contributed by atoms with Crippen LogP contribution in [0.1, 0.15) is 29.6 Å². The van der Waals surface area contributed by atoms with Gasteiger partial charge in [-0.2, -0.15) is 5.10 Å². The van der Waals surface area contributed by atoms with E-state index in [-0.39, 0.29) is 17.9 Å². The number of hydrogen-bond donors (Lipinski definition) is 4. The summed E-state index contributed by atoms with van der Waals surface area (Å²) in [6.45, 7) is 2.07. The van der Waals surface area contributed by atoms with Gasteiger partial charge in [0.25, 0.3) is 5.91 Å². The largest absolute Gasteiger partial charge is 0.456 e. The zero-order chi connectivity index (χ0) is 27.5. The number of nitrogens with zero attached hydrogens (tertiary/aromatic N) is 5. The summed E-state index contributed by atoms with van der Waals surface area (Å²) in [5.41, 5.74) is 1.06. The fourth-order valence-electron chi connectivity index (χ4n) is 4.79. The summed E-state index contributed by atoms with van der Waals surface area (Å²) in [6, 6.07) is 9.32. The number of ether oxygens (including phenoxy) is 1. The Morgan fingerprint density at radius 1 is 1.15 bits per heavy atom. The van der Waals surface area contributed by atoms with Crippen molar-refractivity contribution in [2.24, 2.45) is 0 Å². The van der Waals surface area contributed by atoms with Crippen LogP contribution in [0.25, 0.3) is 11.0 Å². The molecule has 4 aromatic rings. The third-order valence-corrected chi connectivity index (χ3v) is 7.16. The highest BCUT2D eigenvalue weighted by atomic mass is 16.5. The van der Waals surface area contributed by atoms with Crippen LogP contribution in [-0.4, -0.2) is 85.5 Å². The number of aromatic amines is 2. The predicted molar refractivity (Wildman–Crippen MR) is 150 cm³/mol. The summed E-state index contributed by atoms with van der Waals surface area (Å²) in [5.74, 6) is 1.89. The van der Waals surface area contributed by atoms with Crippen LogP contribution in [0.4, 0.5) is 11.8 Å². The molecule has 1 aliphatic carbocycles. The summed E-state index contributed by atoms with van der Waals surface area (Å²) in [4.78, 5) is 40.5. The molecule has 1 aromatic carbocycles. The van der Waals surface area contributed by atoms with Crippen molar-refractivity contribution >= 4 is 34.6 Å². The number of likely N-dealkylation sites (N-methyl/N-ethyl adjacent to an activating group) is 1. The van der Waals surface area contributed by atoms with Crippen LogP contribution in [0.3, 0.4) is 0 Å². The molecule has 1 atom stereocenters. The minimum absolute atomic E-state index is 0.0346. The van der Waals surface area contributed by atoms with Gasteiger partial charge >= 0.3 is 0 Å². The van der Waals surface area contributed by atoms with E-state index in [1.807, 2.05) is 11.0 Å². The summed E-state index contributed by atoms with van der Waals surface area (Å²) >= 11 is 0. The maximum absolute atomic E-state index is 12.7. The van der Waals surface area contributed by atoms with E-state index in [1.54, 1.807) is 55.0 Å². The van der Waals surface area contributed by atoms with Crippen molar-refractivity contribution in [3.05, 3.63) is 66.6 Å². The molecule has 206 valence electrons. The second kappa shape index (κ2) is 11.2. The van der Waals surface area contributed by atoms with Crippen molar-refractivity contribution in [2.75, 3.05) is 37.3 Å². The lowest BCUT2D eigenvalue weighted by molar-refractivity contribution is -0.125. The molecule has 4 N–H and O–H groups in total. The van der Waals surface area contributed by atoms with E-state index in [0.29, 0.717) is 53.6 Å². The summed E-state index contributed by atoms with van der Waals surface area (Å²) in [5, 5.41) is 14.3. The van der Waals surface area contributed by atoms with E-state index in [4.69, 9.17) is 4.74 Å². The Labute approximate surface area is 230 Å². The maximum Gasteiger partial charge on any atom is 0.257 e. The minimum Gasteiger partial charge on any atom is -0.456 e. The highest BCUT2D eigenvalue weighted by Crippen LogP contribution is 2.33. The number of pyridine rings is 1. The Kier molecular flexibility index (Phi) is 7.15. The van der Waals surface area contributed by atoms with E-state index in [9.17, 15) is 9.59 Å². The van der Waals surface area contributed by atoms with Gasteiger partial charge in [-0.3, -0.25) is 24.9 Å². The summed E-state index contributed by atoms with van der Waals surface area (Å²) in [7, 11) is 2.10. The number of nitrogens with one attached hydrogen (secondary N) is 4. The third-order valence-electron chi connectivity index (χ3n) is 7.16. The van der Waals surface area contributed by atoms with Crippen LogP contribution in [-0.2, 0) is 4.79 Å². The van der Waals surface area contributed by atoms with Crippen LogP contribution in [0.15, 0.2) is 61.1 Å². The maximum atomic E-state index is 12.7. The molecule has 2 amide bonds. The molecule has 40 heavy (non-hydrogen) atoms. The van der Waals surface area contributed by atoms with Crippen LogP contribution >= 0.6 is 0 Å². The van der Waals surface area contributed by atoms with Crippen LogP contribution in [0, 0.1) is 0 Å². The molecule has 0 bridgehead atoms. The molecule has 0 spiro atoms. The highest BCUT2D eigenvalue weighted by Gasteiger charge is 2.27. The van der Waals surface area contributed by atoms with Gasteiger partial charge < -0.3 is 19.9 Å². The number of rotatable bonds is 10. The topological polar surface area (TPSA) is 144 Å². The van der Waals surface area contributed by atoms with Crippen LogP contribution in [0.5, 0.6) is 11.5 Å². The van der Waals surface area contributed by atoms with Gasteiger partial charge in [0.15, 0.2) is 11.5 Å². The molecule has 0 radical (unpaired) electrons. The lowest BCUT2D eigenvalue weighted by Gasteiger charge is -2.16. The lowest BCUT2D eigenvalue weighted by atomic mass is 10.2. The average molecular weight is 542 g/mol. The highest BCUT2D eigenvalue weighted by molar-refractivity contribution is 6.03. The number of fused-ring (bicyclic) bond motifs is 1. The Morgan fingerprint density at radius 2 is 2.00 bits per heavy atom. The molecule has 12 heteroatoms. The summed E-state index contributed by atoms with van der Waals surface area (Å²) in [6.07, 6.45) is 11.8. The molecule has 12 nitrogen and oxygen atoms in total. The molecule has 1 aliphatic heterocycles. The standard InChI is InChI=1S/C28H31N9O3/c1-36(20-6-7-20)15-2-3-23(38)37-16-11-19(17-37)32-26-24-22(10-12-29-25(24)34-35-26)40-21-8-4-18(5-9-21)27(39)33-28-30-13-14-31-28/h2-5,8-10,12-14,19-20H,6-7,11,15-17H2,1H3,(H2,29,32,34,35)(H2,30,31,33,39)/b3-2+/t19-/m1/s1. The zero-order valence-electron chi connectivity index (χ0n) is 22.1. The fraction of sp³-hybridized carbons (Fsp3) is 0.321. The van der Waals surface area contributed by atoms with Crippen molar-refractivity contribution in [3.63, 3.8) is 0 Å². The van der Waals surface area contributed by atoms with Crippen LogP contribution in [0.2, 0.25) is 0 Å². The first-order valence-corrected chi connectivity index (χ1v) is 13.4. The molecule has 2 fully saturated rings. The minimum atomic E-state index is -0.278. The first-order valence-electron chi connectivity index (χ1n) is 13.4. The van der Waals surface area contributed by atoms with Gasteiger partial charge in [-0.1, -0.05) is 6.08 Å². The van der Waals surface area contributed by atoms with Crippen molar-refractivity contribution < 1.29 is 14.3 Å². The van der Waals surface area contributed by atoms with Crippen molar-refractivity contribution in [3.8, 4) is 11.5 Å². The Morgan fingerprint density at radius 3 is 2.77 bits per heavy atom. The average Bonchev–Trinajstić information content (AvgIpc) is 3.30. The second-order valence-corrected chi connectivity index (χ2v) is 10.1. The van der Waals surface area contributed by atoms with Gasteiger partial charge in [0, 0.05) is 68.0 Å².